The van der Waals surface area contributed by atoms with Crippen LogP contribution in [0.1, 0.15) is 33.6 Å². The summed E-state index contributed by atoms with van der Waals surface area (Å²) < 4.78 is 5.06. The minimum absolute atomic E-state index is 0.223. The molecule has 0 aromatic heterocycles. The van der Waals surface area contributed by atoms with Gasteiger partial charge in [0.15, 0.2) is 0 Å². The number of aliphatic carboxylic acids is 1. The molecule has 0 heterocycles. The molecule has 1 rings (SSSR count). The number of allylic oxidation sites excluding steroid dienone is 2. The van der Waals surface area contributed by atoms with E-state index in [9.17, 15) is 14.4 Å². The molecule has 0 aliphatic heterocycles. The van der Waals surface area contributed by atoms with E-state index in [1.165, 1.54) is 0 Å². The van der Waals surface area contributed by atoms with E-state index < -0.39 is 29.5 Å². The molecule has 0 saturated heterocycles. The Morgan fingerprint density at radius 1 is 1.09 bits per heavy atom. The van der Waals surface area contributed by atoms with E-state index in [0.717, 1.165) is 0 Å². The summed E-state index contributed by atoms with van der Waals surface area (Å²) in [4.78, 5) is 34.6. The van der Waals surface area contributed by atoms with E-state index in [2.05, 4.69) is 10.6 Å². The van der Waals surface area contributed by atoms with Gasteiger partial charge in [0.25, 0.3) is 0 Å². The number of amides is 2. The molecule has 1 aliphatic rings. The topological polar surface area (TPSA) is 105 Å². The molecule has 7 nitrogen and oxygen atoms in total. The van der Waals surface area contributed by atoms with Crippen LogP contribution < -0.4 is 10.6 Å². The predicted molar refractivity (Wildman–Crippen MR) is 80.2 cm³/mol. The summed E-state index contributed by atoms with van der Waals surface area (Å²) in [7, 11) is 0. The van der Waals surface area contributed by atoms with Gasteiger partial charge in [0, 0.05) is 13.1 Å². The maximum Gasteiger partial charge on any atom is 0.407 e. The smallest absolute Gasteiger partial charge is 0.407 e. The minimum Gasteiger partial charge on any atom is -0.481 e. The minimum atomic E-state index is -0.962. The average Bonchev–Trinajstić information content (AvgIpc) is 2.41. The molecule has 1 aliphatic carbocycles. The maximum absolute atomic E-state index is 12.0. The van der Waals surface area contributed by atoms with Crippen LogP contribution in [-0.2, 0) is 14.3 Å². The number of nitrogens with one attached hydrogen (secondary N) is 2. The molecule has 0 aromatic carbocycles. The summed E-state index contributed by atoms with van der Waals surface area (Å²) >= 11 is 0. The largest absolute Gasteiger partial charge is 0.481 e. The van der Waals surface area contributed by atoms with E-state index in [1.807, 2.05) is 6.08 Å². The van der Waals surface area contributed by atoms with Crippen LogP contribution >= 0.6 is 0 Å². The summed E-state index contributed by atoms with van der Waals surface area (Å²) in [5.74, 6) is -2.52. The van der Waals surface area contributed by atoms with E-state index in [-0.39, 0.29) is 19.0 Å². The Kier molecular flexibility index (Phi) is 6.39. The Morgan fingerprint density at radius 2 is 1.64 bits per heavy atom. The van der Waals surface area contributed by atoms with Crippen molar-refractivity contribution in [3.05, 3.63) is 12.2 Å². The van der Waals surface area contributed by atoms with Crippen molar-refractivity contribution < 1.29 is 24.2 Å². The van der Waals surface area contributed by atoms with Gasteiger partial charge in [0.05, 0.1) is 11.8 Å². The zero-order valence-electron chi connectivity index (χ0n) is 13.2. The second-order valence-electron chi connectivity index (χ2n) is 6.21. The molecule has 22 heavy (non-hydrogen) atoms. The van der Waals surface area contributed by atoms with Gasteiger partial charge >= 0.3 is 12.1 Å². The summed E-state index contributed by atoms with van der Waals surface area (Å²) in [5, 5.41) is 14.3. The van der Waals surface area contributed by atoms with Gasteiger partial charge in [-0.3, -0.25) is 9.59 Å². The fourth-order valence-corrected chi connectivity index (χ4v) is 2.17. The van der Waals surface area contributed by atoms with Gasteiger partial charge in [-0.2, -0.15) is 0 Å². The summed E-state index contributed by atoms with van der Waals surface area (Å²) in [5.41, 5.74) is -0.573. The van der Waals surface area contributed by atoms with Crippen LogP contribution in [0.15, 0.2) is 12.2 Å². The third kappa shape index (κ3) is 6.15. The molecule has 0 spiro atoms. The molecule has 0 bridgehead atoms. The lowest BCUT2D eigenvalue weighted by Crippen LogP contribution is -2.42. The first-order chi connectivity index (χ1) is 10.2. The van der Waals surface area contributed by atoms with Gasteiger partial charge in [0.1, 0.15) is 5.60 Å². The highest BCUT2D eigenvalue weighted by Gasteiger charge is 2.33. The normalized spacial score (nSPS) is 21.0. The number of carbonyl (C=O) groups excluding carboxylic acids is 2. The van der Waals surface area contributed by atoms with E-state index in [4.69, 9.17) is 9.84 Å². The number of rotatable bonds is 5. The Labute approximate surface area is 130 Å². The molecule has 124 valence electrons. The molecule has 2 atom stereocenters. The van der Waals surface area contributed by atoms with Crippen molar-refractivity contribution in [3.8, 4) is 0 Å². The van der Waals surface area contributed by atoms with Crippen LogP contribution in [0.4, 0.5) is 4.79 Å². The third-order valence-electron chi connectivity index (χ3n) is 3.18. The Hall–Kier alpha value is -2.05. The number of hydrogen-bond acceptors (Lipinski definition) is 4. The number of hydrogen-bond donors (Lipinski definition) is 3. The van der Waals surface area contributed by atoms with Gasteiger partial charge < -0.3 is 20.5 Å². The van der Waals surface area contributed by atoms with Crippen LogP contribution in [0.25, 0.3) is 0 Å². The second-order valence-corrected chi connectivity index (χ2v) is 6.21. The van der Waals surface area contributed by atoms with Gasteiger partial charge in [0.2, 0.25) is 5.91 Å². The highest BCUT2D eigenvalue weighted by Crippen LogP contribution is 2.25. The zero-order valence-corrected chi connectivity index (χ0v) is 13.2. The van der Waals surface area contributed by atoms with Crippen molar-refractivity contribution in [3.63, 3.8) is 0 Å². The van der Waals surface area contributed by atoms with Crippen molar-refractivity contribution >= 4 is 18.0 Å². The molecule has 0 fully saturated rings. The lowest BCUT2D eigenvalue weighted by molar-refractivity contribution is -0.147. The van der Waals surface area contributed by atoms with Crippen LogP contribution in [0.5, 0.6) is 0 Å². The Balaban J connectivity index is 2.32. The average molecular weight is 312 g/mol. The van der Waals surface area contributed by atoms with Crippen LogP contribution in [-0.4, -0.2) is 41.8 Å². The molecular formula is C15H24N2O5. The predicted octanol–water partition coefficient (Wildman–Crippen LogP) is 1.29. The highest BCUT2D eigenvalue weighted by atomic mass is 16.6. The number of alkyl carbamates (subject to hydrolysis) is 1. The van der Waals surface area contributed by atoms with Crippen molar-refractivity contribution in [1.29, 1.82) is 0 Å². The van der Waals surface area contributed by atoms with E-state index in [0.29, 0.717) is 12.8 Å². The first kappa shape index (κ1) is 18.0. The molecule has 0 aromatic rings. The first-order valence-corrected chi connectivity index (χ1v) is 7.33. The van der Waals surface area contributed by atoms with Gasteiger partial charge in [-0.1, -0.05) is 12.2 Å². The fraction of sp³-hybridized carbons (Fsp3) is 0.667. The Morgan fingerprint density at radius 3 is 2.18 bits per heavy atom. The van der Waals surface area contributed by atoms with E-state index in [1.54, 1.807) is 26.8 Å². The molecule has 7 heteroatoms. The van der Waals surface area contributed by atoms with Crippen LogP contribution in [0.2, 0.25) is 0 Å². The summed E-state index contributed by atoms with van der Waals surface area (Å²) in [6.07, 6.45) is 3.84. The van der Waals surface area contributed by atoms with Gasteiger partial charge in [-0.05, 0) is 33.6 Å². The lowest BCUT2D eigenvalue weighted by atomic mass is 9.82. The second kappa shape index (κ2) is 7.82. The quantitative estimate of drug-likeness (QED) is 0.524. The van der Waals surface area contributed by atoms with Crippen molar-refractivity contribution in [2.24, 2.45) is 11.8 Å². The van der Waals surface area contributed by atoms with Gasteiger partial charge in [-0.15, -0.1) is 0 Å². The number of ether oxygens (including phenoxy) is 1. The van der Waals surface area contributed by atoms with Crippen molar-refractivity contribution in [1.82, 2.24) is 10.6 Å². The maximum atomic E-state index is 12.0. The lowest BCUT2D eigenvalue weighted by Gasteiger charge is -2.24. The standard InChI is InChI=1S/C15H24N2O5/c1-15(2,3)22-14(21)17-9-8-16-12(18)10-6-4-5-7-11(10)13(19)20/h4-5,10-11H,6-9H2,1-3H3,(H,16,18)(H,17,21)(H,19,20)/t10-,11+/m1/s1. The number of carboxylic acids is 1. The fourth-order valence-electron chi connectivity index (χ4n) is 2.17. The zero-order chi connectivity index (χ0) is 16.8. The Bertz CT molecular complexity index is 453. The highest BCUT2D eigenvalue weighted by molar-refractivity contribution is 5.85. The van der Waals surface area contributed by atoms with Crippen molar-refractivity contribution in [2.75, 3.05) is 13.1 Å². The molecule has 0 saturated carbocycles. The molecule has 0 unspecified atom stereocenters. The summed E-state index contributed by atoms with van der Waals surface area (Å²) in [6.45, 7) is 5.73. The number of carboxylic acid groups (broad SMARTS) is 1. The molecule has 2 amide bonds. The monoisotopic (exact) mass is 312 g/mol. The first-order valence-electron chi connectivity index (χ1n) is 7.33. The summed E-state index contributed by atoms with van der Waals surface area (Å²) in [6, 6.07) is 0. The SMILES string of the molecule is CC(C)(C)OC(=O)NCCNC(=O)[C@@H]1CC=CC[C@@H]1C(=O)O. The molecular weight excluding hydrogens is 288 g/mol. The van der Waals surface area contributed by atoms with E-state index >= 15 is 0 Å². The van der Waals surface area contributed by atoms with Crippen molar-refractivity contribution in [2.45, 2.75) is 39.2 Å². The van der Waals surface area contributed by atoms with Crippen LogP contribution in [0, 0.1) is 11.8 Å². The molecule has 0 radical (unpaired) electrons. The molecule has 3 N–H and O–H groups in total. The third-order valence-corrected chi connectivity index (χ3v) is 3.18. The van der Waals surface area contributed by atoms with Gasteiger partial charge in [-0.25, -0.2) is 4.79 Å². The number of carbonyl (C=O) groups is 3. The van der Waals surface area contributed by atoms with Crippen LogP contribution in [0.3, 0.4) is 0 Å².